The fraction of sp³-hybridized carbons (Fsp3) is 0.294. The molecule has 0 saturated heterocycles. The first-order valence-corrected chi connectivity index (χ1v) is 12.0. The van der Waals surface area contributed by atoms with E-state index >= 15 is 0 Å². The Morgan fingerprint density at radius 2 is 1.77 bits per heavy atom. The molecule has 0 aliphatic carbocycles. The third-order valence-electron chi connectivity index (χ3n) is 3.43. The second-order valence-electron chi connectivity index (χ2n) is 5.73. The second-order valence-corrected chi connectivity index (χ2v) is 11.6. The van der Waals surface area contributed by atoms with E-state index in [9.17, 15) is 8.42 Å². The van der Waals surface area contributed by atoms with Crippen molar-refractivity contribution in [3.8, 4) is 0 Å². The summed E-state index contributed by atoms with van der Waals surface area (Å²) in [5.41, 5.74) is 1.94. The molecule has 5 heteroatoms. The minimum absolute atomic E-state index is 0.00877. The fourth-order valence-corrected chi connectivity index (χ4v) is 5.16. The van der Waals surface area contributed by atoms with Gasteiger partial charge in [0.2, 0.25) is 8.32 Å². The minimum atomic E-state index is -3.31. The molecule has 0 heterocycles. The molecule has 0 atom stereocenters. The zero-order valence-corrected chi connectivity index (χ0v) is 15.1. The average molecular weight is 335 g/mol. The summed E-state index contributed by atoms with van der Waals surface area (Å²) in [5.74, 6) is 0.00877. The number of hydrogen-bond donors (Lipinski definition) is 0. The molecule has 22 heavy (non-hydrogen) atoms. The summed E-state index contributed by atoms with van der Waals surface area (Å²) in [6.45, 7) is 6.71. The molecule has 0 fully saturated rings. The van der Waals surface area contributed by atoms with E-state index in [1.54, 1.807) is 18.2 Å². The highest BCUT2D eigenvalue weighted by molar-refractivity contribution is 7.91. The van der Waals surface area contributed by atoms with Crippen LogP contribution >= 0.6 is 0 Å². The quantitative estimate of drug-likeness (QED) is 0.751. The molecule has 0 aliphatic rings. The zero-order chi connectivity index (χ0) is 16.2. The number of sulfone groups is 1. The Hall–Kier alpha value is -1.43. The topological polar surface area (TPSA) is 43.4 Å². The van der Waals surface area contributed by atoms with E-state index in [-0.39, 0.29) is 5.75 Å². The normalized spacial score (nSPS) is 13.0. The van der Waals surface area contributed by atoms with E-state index in [1.165, 1.54) is 0 Å². The maximum atomic E-state index is 12.4. The van der Waals surface area contributed by atoms with Gasteiger partial charge < -0.3 is 4.43 Å². The molecule has 0 radical (unpaired) electrons. The Balaban J connectivity index is 2.20. The van der Waals surface area contributed by atoms with Gasteiger partial charge >= 0.3 is 0 Å². The third kappa shape index (κ3) is 4.29. The van der Waals surface area contributed by atoms with Gasteiger partial charge in [0.15, 0.2) is 9.84 Å². The highest BCUT2D eigenvalue weighted by Gasteiger charge is 2.18. The highest BCUT2D eigenvalue weighted by Crippen LogP contribution is 2.20. The predicted octanol–water partition coefficient (Wildman–Crippen LogP) is 3.95. The summed E-state index contributed by atoms with van der Waals surface area (Å²) in [6.07, 6.45) is 1.73. The fourth-order valence-electron chi connectivity index (χ4n) is 2.34. The van der Waals surface area contributed by atoms with Crippen LogP contribution in [-0.2, 0) is 14.3 Å². The molecule has 2 aromatic carbocycles. The van der Waals surface area contributed by atoms with Gasteiger partial charge in [-0.2, -0.15) is 0 Å². The van der Waals surface area contributed by atoms with Crippen molar-refractivity contribution in [2.24, 2.45) is 0 Å². The number of fused-ring (bicyclic) bond motifs is 1. The molecule has 0 aliphatic heterocycles. The van der Waals surface area contributed by atoms with Crippen molar-refractivity contribution < 1.29 is 12.8 Å². The van der Waals surface area contributed by atoms with Crippen molar-refractivity contribution in [2.45, 2.75) is 24.9 Å². The molecule has 0 N–H and O–H groups in total. The molecule has 0 unspecified atom stereocenters. The summed E-state index contributed by atoms with van der Waals surface area (Å²) < 4.78 is 30.6. The molecule has 0 saturated carbocycles. The van der Waals surface area contributed by atoms with Gasteiger partial charge in [-0.25, -0.2) is 8.42 Å². The largest absolute Gasteiger partial charge is 0.414 e. The molecular formula is C17H22O3SSi. The van der Waals surface area contributed by atoms with Crippen molar-refractivity contribution >= 4 is 28.9 Å². The van der Waals surface area contributed by atoms with E-state index in [1.807, 2.05) is 43.0 Å². The van der Waals surface area contributed by atoms with Crippen LogP contribution in [-0.4, -0.2) is 29.1 Å². The van der Waals surface area contributed by atoms with Crippen LogP contribution < -0.4 is 0 Å². The molecule has 0 aromatic heterocycles. The van der Waals surface area contributed by atoms with Gasteiger partial charge in [-0.1, -0.05) is 42.1 Å². The molecule has 118 valence electrons. The standard InChI is InChI=1S/C17H22O3SSi/c1-4-20-22(2,3)13-7-12-21(18,19)17-11-10-15-8-5-6-9-16(15)14-17/h5-11,13-14H,4,12H2,1-3H3/b13-7+. The van der Waals surface area contributed by atoms with E-state index in [0.29, 0.717) is 11.5 Å². The van der Waals surface area contributed by atoms with Gasteiger partial charge in [0.05, 0.1) is 10.6 Å². The van der Waals surface area contributed by atoms with Gasteiger partial charge in [-0.15, -0.1) is 0 Å². The van der Waals surface area contributed by atoms with Gasteiger partial charge in [0.25, 0.3) is 0 Å². The maximum Gasteiger partial charge on any atom is 0.210 e. The highest BCUT2D eigenvalue weighted by atomic mass is 32.2. The number of rotatable bonds is 6. The lowest BCUT2D eigenvalue weighted by Gasteiger charge is -2.16. The van der Waals surface area contributed by atoms with Crippen LogP contribution in [0.25, 0.3) is 10.8 Å². The van der Waals surface area contributed by atoms with Crippen LogP contribution in [0.4, 0.5) is 0 Å². The monoisotopic (exact) mass is 334 g/mol. The lowest BCUT2D eigenvalue weighted by atomic mass is 10.1. The van der Waals surface area contributed by atoms with Gasteiger partial charge in [-0.3, -0.25) is 0 Å². The SMILES string of the molecule is CCO[Si](C)(C)/C=C/CS(=O)(=O)c1ccc2ccccc2c1. The van der Waals surface area contributed by atoms with Crippen molar-refractivity contribution in [2.75, 3.05) is 12.4 Å². The second kappa shape index (κ2) is 6.77. The summed E-state index contributed by atoms with van der Waals surface area (Å²) in [5, 5.41) is 1.98. The molecule has 0 amide bonds. The molecular weight excluding hydrogens is 312 g/mol. The minimum Gasteiger partial charge on any atom is -0.414 e. The predicted molar refractivity (Wildman–Crippen MR) is 94.2 cm³/mol. The lowest BCUT2D eigenvalue weighted by molar-refractivity contribution is 0.338. The van der Waals surface area contributed by atoms with Crippen molar-refractivity contribution in [3.05, 3.63) is 54.2 Å². The molecule has 2 aromatic rings. The van der Waals surface area contributed by atoms with Crippen molar-refractivity contribution in [1.82, 2.24) is 0 Å². The summed E-state index contributed by atoms with van der Waals surface area (Å²) >= 11 is 0. The van der Waals surface area contributed by atoms with E-state index in [4.69, 9.17) is 4.43 Å². The van der Waals surface area contributed by atoms with Crippen LogP contribution in [0.1, 0.15) is 6.92 Å². The number of benzene rings is 2. The van der Waals surface area contributed by atoms with E-state index in [0.717, 1.165) is 10.8 Å². The zero-order valence-electron chi connectivity index (χ0n) is 13.2. The smallest absolute Gasteiger partial charge is 0.210 e. The first-order chi connectivity index (χ1) is 10.3. The molecule has 3 nitrogen and oxygen atoms in total. The van der Waals surface area contributed by atoms with Crippen molar-refractivity contribution in [1.29, 1.82) is 0 Å². The van der Waals surface area contributed by atoms with Crippen LogP contribution in [0.15, 0.2) is 59.1 Å². The Morgan fingerprint density at radius 3 is 2.45 bits per heavy atom. The number of hydrogen-bond acceptors (Lipinski definition) is 3. The first-order valence-electron chi connectivity index (χ1n) is 7.37. The molecule has 2 rings (SSSR count). The van der Waals surface area contributed by atoms with Crippen LogP contribution in [0, 0.1) is 0 Å². The summed E-state index contributed by atoms with van der Waals surface area (Å²) in [6, 6.07) is 13.0. The van der Waals surface area contributed by atoms with Crippen molar-refractivity contribution in [3.63, 3.8) is 0 Å². The van der Waals surface area contributed by atoms with E-state index in [2.05, 4.69) is 13.1 Å². The van der Waals surface area contributed by atoms with Crippen LogP contribution in [0.3, 0.4) is 0 Å². The lowest BCUT2D eigenvalue weighted by Crippen LogP contribution is -2.28. The Bertz CT molecular complexity index is 779. The first kappa shape index (κ1) is 16.9. The molecule has 0 spiro atoms. The van der Waals surface area contributed by atoms with E-state index < -0.39 is 18.2 Å². The Morgan fingerprint density at radius 1 is 1.09 bits per heavy atom. The summed E-state index contributed by atoms with van der Waals surface area (Å²) in [4.78, 5) is 0.367. The Kier molecular flexibility index (Phi) is 5.21. The third-order valence-corrected chi connectivity index (χ3v) is 7.11. The van der Waals surface area contributed by atoms with Gasteiger partial charge in [-0.05, 0) is 42.9 Å². The van der Waals surface area contributed by atoms with Crippen LogP contribution in [0.2, 0.25) is 13.1 Å². The maximum absolute atomic E-state index is 12.4. The van der Waals surface area contributed by atoms with Crippen LogP contribution in [0.5, 0.6) is 0 Å². The molecule has 0 bridgehead atoms. The average Bonchev–Trinajstić information content (AvgIpc) is 2.46. The van der Waals surface area contributed by atoms with Gasteiger partial charge in [0, 0.05) is 6.61 Å². The van der Waals surface area contributed by atoms with Gasteiger partial charge in [0.1, 0.15) is 0 Å². The summed E-state index contributed by atoms with van der Waals surface area (Å²) in [7, 11) is -5.20. The Labute approximate surface area is 133 Å².